The molecule has 3 aromatic rings. The number of nitrogens with one attached hydrogen (secondary N) is 2. The number of rotatable bonds is 9. The molecule has 0 bridgehead atoms. The van der Waals surface area contributed by atoms with Crippen LogP contribution in [0.5, 0.6) is 5.75 Å². The molecule has 3 rings (SSSR count). The van der Waals surface area contributed by atoms with Crippen LogP contribution in [0.25, 0.3) is 11.0 Å². The first-order valence-corrected chi connectivity index (χ1v) is 11.1. The third kappa shape index (κ3) is 5.22. The fourth-order valence-corrected chi connectivity index (χ4v) is 4.09. The van der Waals surface area contributed by atoms with Crippen molar-refractivity contribution in [2.45, 2.75) is 20.3 Å². The third-order valence-corrected chi connectivity index (χ3v) is 5.80. The van der Waals surface area contributed by atoms with E-state index in [9.17, 15) is 17.6 Å². The lowest BCUT2D eigenvalue weighted by molar-refractivity contribution is 0.201. The summed E-state index contributed by atoms with van der Waals surface area (Å²) in [4.78, 5) is 12.6. The first-order chi connectivity index (χ1) is 14.8. The zero-order chi connectivity index (χ0) is 22.6. The highest BCUT2D eigenvalue weighted by atomic mass is 32.2. The highest BCUT2D eigenvalue weighted by Crippen LogP contribution is 2.27. The van der Waals surface area contributed by atoms with Crippen LogP contribution in [0, 0.1) is 12.7 Å². The minimum Gasteiger partial charge on any atom is -0.491 e. The van der Waals surface area contributed by atoms with Crippen molar-refractivity contribution in [1.82, 2.24) is 4.72 Å². The Bertz CT molecular complexity index is 1260. The van der Waals surface area contributed by atoms with Crippen molar-refractivity contribution in [2.75, 3.05) is 24.5 Å². The molecule has 1 heterocycles. The van der Waals surface area contributed by atoms with Gasteiger partial charge < -0.3 is 14.3 Å². The van der Waals surface area contributed by atoms with Gasteiger partial charge in [-0.05, 0) is 36.2 Å². The number of anilines is 1. The second kappa shape index (κ2) is 9.46. The van der Waals surface area contributed by atoms with E-state index in [-0.39, 0.29) is 43.0 Å². The lowest BCUT2D eigenvalue weighted by Gasteiger charge is -2.13. The molecule has 31 heavy (non-hydrogen) atoms. The molecule has 0 saturated heterocycles. The first-order valence-electron chi connectivity index (χ1n) is 9.60. The summed E-state index contributed by atoms with van der Waals surface area (Å²) in [5, 5.41) is 9.53. The van der Waals surface area contributed by atoms with E-state index in [4.69, 9.17) is 14.3 Å². The van der Waals surface area contributed by atoms with Crippen molar-refractivity contribution >= 4 is 26.9 Å². The van der Waals surface area contributed by atoms with Crippen LogP contribution in [-0.4, -0.2) is 33.3 Å². The van der Waals surface area contributed by atoms with Crippen molar-refractivity contribution in [3.8, 4) is 5.75 Å². The zero-order valence-corrected chi connectivity index (χ0v) is 17.9. The van der Waals surface area contributed by atoms with Gasteiger partial charge in [-0.25, -0.2) is 9.18 Å². The van der Waals surface area contributed by atoms with Crippen molar-refractivity contribution < 1.29 is 27.1 Å². The predicted molar refractivity (Wildman–Crippen MR) is 115 cm³/mol. The van der Waals surface area contributed by atoms with Crippen molar-refractivity contribution in [2.24, 2.45) is 0 Å². The van der Waals surface area contributed by atoms with Gasteiger partial charge in [-0.15, -0.1) is 0 Å². The summed E-state index contributed by atoms with van der Waals surface area (Å²) >= 11 is 0. The molecule has 10 heteroatoms. The van der Waals surface area contributed by atoms with Crippen molar-refractivity contribution in [3.63, 3.8) is 0 Å². The van der Waals surface area contributed by atoms with Gasteiger partial charge in [0.1, 0.15) is 17.9 Å². The molecule has 1 aromatic heterocycles. The maximum atomic E-state index is 15.0. The Labute approximate surface area is 178 Å². The van der Waals surface area contributed by atoms with E-state index >= 15 is 0 Å². The molecular formula is C21H23FN2O6S. The van der Waals surface area contributed by atoms with E-state index in [1.165, 1.54) is 18.2 Å². The van der Waals surface area contributed by atoms with Crippen molar-refractivity contribution in [3.05, 3.63) is 69.3 Å². The van der Waals surface area contributed by atoms with E-state index in [2.05, 4.69) is 9.44 Å². The third-order valence-electron chi connectivity index (χ3n) is 4.64. The maximum Gasteiger partial charge on any atom is 0.340 e. The van der Waals surface area contributed by atoms with Crippen LogP contribution in [0.3, 0.4) is 0 Å². The van der Waals surface area contributed by atoms with E-state index < -0.39 is 21.7 Å². The average Bonchev–Trinajstić information content (AvgIpc) is 2.71. The highest BCUT2D eigenvalue weighted by Gasteiger charge is 2.18. The molecule has 0 spiro atoms. The number of benzene rings is 2. The minimum absolute atomic E-state index is 0.0739. The fraction of sp³-hybridized carbons (Fsp3) is 0.286. The summed E-state index contributed by atoms with van der Waals surface area (Å²) in [6.45, 7) is 3.46. The number of aliphatic hydroxyl groups is 1. The molecule has 3 N–H and O–H groups in total. The van der Waals surface area contributed by atoms with Gasteiger partial charge in [0, 0.05) is 30.0 Å². The number of aliphatic hydroxyl groups excluding tert-OH is 1. The Morgan fingerprint density at radius 3 is 2.71 bits per heavy atom. The van der Waals surface area contributed by atoms with Gasteiger partial charge in [0.2, 0.25) is 0 Å². The van der Waals surface area contributed by atoms with Crippen LogP contribution >= 0.6 is 0 Å². The average molecular weight is 450 g/mol. The summed E-state index contributed by atoms with van der Waals surface area (Å²) < 4.78 is 53.9. The van der Waals surface area contributed by atoms with E-state index in [0.29, 0.717) is 22.3 Å². The molecule has 8 nitrogen and oxygen atoms in total. The van der Waals surface area contributed by atoms with E-state index in [0.717, 1.165) is 0 Å². The standard InChI is InChI=1S/C21H23FN2O6S/c1-3-23-31(27,28)24-18-6-4-5-14(20(18)22)11-17-13(2)16-8-7-15(29-10-9-25)12-19(16)30-21(17)26/h4-8,12,23-25H,3,9-11H2,1-2H3. The maximum absolute atomic E-state index is 15.0. The van der Waals surface area contributed by atoms with Crippen LogP contribution in [0.2, 0.25) is 0 Å². The summed E-state index contributed by atoms with van der Waals surface area (Å²) in [6, 6.07) is 9.25. The molecule has 0 fully saturated rings. The largest absolute Gasteiger partial charge is 0.491 e. The number of ether oxygens (including phenoxy) is 1. The summed E-state index contributed by atoms with van der Waals surface area (Å²) in [5.41, 5.74) is 0.512. The second-order valence-electron chi connectivity index (χ2n) is 6.78. The molecule has 0 atom stereocenters. The molecule has 0 saturated carbocycles. The molecule has 2 aromatic carbocycles. The quantitative estimate of drug-likeness (QED) is 0.431. The Kier molecular flexibility index (Phi) is 6.94. The van der Waals surface area contributed by atoms with E-state index in [1.807, 2.05) is 0 Å². The van der Waals surface area contributed by atoms with Gasteiger partial charge in [0.15, 0.2) is 5.82 Å². The number of aryl methyl sites for hydroxylation is 1. The number of hydrogen-bond acceptors (Lipinski definition) is 6. The van der Waals surface area contributed by atoms with Crippen LogP contribution in [0.4, 0.5) is 10.1 Å². The summed E-state index contributed by atoms with van der Waals surface area (Å²) in [6.07, 6.45) is -0.0739. The lowest BCUT2D eigenvalue weighted by Crippen LogP contribution is -2.30. The number of halogens is 1. The molecule has 166 valence electrons. The SMILES string of the molecule is CCNS(=O)(=O)Nc1cccc(Cc2c(C)c3ccc(OCCO)cc3oc2=O)c1F. The van der Waals surface area contributed by atoms with Gasteiger partial charge in [-0.2, -0.15) is 13.1 Å². The summed E-state index contributed by atoms with van der Waals surface area (Å²) in [7, 11) is -3.90. The Morgan fingerprint density at radius 1 is 1.23 bits per heavy atom. The molecule has 0 aliphatic rings. The second-order valence-corrected chi connectivity index (χ2v) is 8.28. The monoisotopic (exact) mass is 450 g/mol. The van der Waals surface area contributed by atoms with Crippen LogP contribution < -0.4 is 19.8 Å². The zero-order valence-electron chi connectivity index (χ0n) is 17.1. The number of hydrogen-bond donors (Lipinski definition) is 3. The minimum atomic E-state index is -3.90. The van der Waals surface area contributed by atoms with Crippen LogP contribution in [-0.2, 0) is 16.6 Å². The smallest absolute Gasteiger partial charge is 0.340 e. The Balaban J connectivity index is 1.96. The molecular weight excluding hydrogens is 427 g/mol. The normalized spacial score (nSPS) is 11.6. The van der Waals surface area contributed by atoms with Crippen LogP contribution in [0.1, 0.15) is 23.6 Å². The van der Waals surface area contributed by atoms with Gasteiger partial charge in [0.25, 0.3) is 10.2 Å². The number of fused-ring (bicyclic) bond motifs is 1. The predicted octanol–water partition coefficient (Wildman–Crippen LogP) is 2.47. The topological polar surface area (TPSA) is 118 Å². The van der Waals surface area contributed by atoms with Crippen molar-refractivity contribution in [1.29, 1.82) is 0 Å². The molecule has 0 amide bonds. The van der Waals surface area contributed by atoms with Crippen LogP contribution in [0.15, 0.2) is 45.6 Å². The van der Waals surface area contributed by atoms with Gasteiger partial charge >= 0.3 is 5.63 Å². The molecule has 0 aliphatic heterocycles. The van der Waals surface area contributed by atoms with Gasteiger partial charge in [-0.1, -0.05) is 19.1 Å². The first kappa shape index (κ1) is 22.7. The Morgan fingerprint density at radius 2 is 2.00 bits per heavy atom. The highest BCUT2D eigenvalue weighted by molar-refractivity contribution is 7.90. The van der Waals surface area contributed by atoms with E-state index in [1.54, 1.807) is 32.0 Å². The molecule has 0 aliphatic carbocycles. The molecule has 0 radical (unpaired) electrons. The lowest BCUT2D eigenvalue weighted by atomic mass is 9.99. The fourth-order valence-electron chi connectivity index (χ4n) is 3.19. The van der Waals surface area contributed by atoms with Gasteiger partial charge in [-0.3, -0.25) is 4.72 Å². The van der Waals surface area contributed by atoms with Gasteiger partial charge in [0.05, 0.1) is 12.3 Å². The summed E-state index contributed by atoms with van der Waals surface area (Å²) in [5.74, 6) is -0.320. The Hall–Kier alpha value is -2.95. The molecule has 0 unspecified atom stereocenters.